The van der Waals surface area contributed by atoms with E-state index in [0.717, 1.165) is 55.7 Å². The maximum absolute atomic E-state index is 10.3. The van der Waals surface area contributed by atoms with Gasteiger partial charge in [0, 0.05) is 37.4 Å². The lowest BCUT2D eigenvalue weighted by molar-refractivity contribution is 0.0601. The van der Waals surface area contributed by atoms with Crippen molar-refractivity contribution in [3.63, 3.8) is 0 Å². The number of aromatic hydroxyl groups is 1. The molecule has 4 N–H and O–H groups in total. The molecular weight excluding hydrogens is 297 g/mol. The minimum Gasteiger partial charge on any atom is -0.507 e. The van der Waals surface area contributed by atoms with E-state index in [-0.39, 0.29) is 6.04 Å². The highest BCUT2D eigenvalue weighted by molar-refractivity contribution is 6.08. The van der Waals surface area contributed by atoms with Crippen molar-refractivity contribution in [2.45, 2.75) is 44.6 Å². The van der Waals surface area contributed by atoms with Crippen molar-refractivity contribution in [3.05, 3.63) is 41.1 Å². The molecule has 1 aromatic carbocycles. The first kappa shape index (κ1) is 17.4. The van der Waals surface area contributed by atoms with Crippen LogP contribution >= 0.6 is 0 Å². The summed E-state index contributed by atoms with van der Waals surface area (Å²) in [7, 11) is 5.60. The van der Waals surface area contributed by atoms with Gasteiger partial charge in [0.05, 0.1) is 7.85 Å². The fourth-order valence-electron chi connectivity index (χ4n) is 4.00. The molecule has 2 radical (unpaired) electrons. The second-order valence-electron chi connectivity index (χ2n) is 7.35. The van der Waals surface area contributed by atoms with Crippen LogP contribution in [0.1, 0.15) is 23.1 Å². The Morgan fingerprint density at radius 2 is 2.12 bits per heavy atom. The standard InChI is InChI=1S/C19H28BN3O/c1-12-16(4-3-15(5-6-20)19(12)24)7-14-10-23(11-14)17-8-18(13(2)21)22-9-17/h3-4,14,17-18,22,24H,2,5-11,21H2,1H3. The van der Waals surface area contributed by atoms with Crippen LogP contribution in [0.4, 0.5) is 0 Å². The molecule has 24 heavy (non-hydrogen) atoms. The number of phenols is 1. The largest absolute Gasteiger partial charge is 0.507 e. The van der Waals surface area contributed by atoms with Crippen molar-refractivity contribution in [2.75, 3.05) is 19.6 Å². The average molecular weight is 325 g/mol. The molecule has 0 saturated carbocycles. The number of hydrogen-bond donors (Lipinski definition) is 3. The molecule has 2 atom stereocenters. The van der Waals surface area contributed by atoms with E-state index in [1.54, 1.807) is 0 Å². The second-order valence-corrected chi connectivity index (χ2v) is 7.35. The molecular formula is C19H28BN3O. The van der Waals surface area contributed by atoms with Crippen LogP contribution in [0, 0.1) is 12.8 Å². The van der Waals surface area contributed by atoms with E-state index in [2.05, 4.69) is 22.9 Å². The van der Waals surface area contributed by atoms with E-state index >= 15 is 0 Å². The maximum atomic E-state index is 10.3. The molecule has 2 unspecified atom stereocenters. The fourth-order valence-corrected chi connectivity index (χ4v) is 4.00. The topological polar surface area (TPSA) is 61.5 Å². The minimum atomic E-state index is 0.267. The van der Waals surface area contributed by atoms with Crippen molar-refractivity contribution in [1.82, 2.24) is 10.2 Å². The highest BCUT2D eigenvalue weighted by Crippen LogP contribution is 2.31. The summed E-state index contributed by atoms with van der Waals surface area (Å²) in [5.74, 6) is 1.10. The molecule has 2 saturated heterocycles. The quantitative estimate of drug-likeness (QED) is 0.694. The van der Waals surface area contributed by atoms with Crippen molar-refractivity contribution >= 4 is 7.85 Å². The Morgan fingerprint density at radius 3 is 2.75 bits per heavy atom. The number of benzene rings is 1. The minimum absolute atomic E-state index is 0.267. The van der Waals surface area contributed by atoms with Crippen LogP contribution in [0.3, 0.4) is 0 Å². The lowest BCUT2D eigenvalue weighted by atomic mass is 9.87. The predicted molar refractivity (Wildman–Crippen MR) is 99.4 cm³/mol. The van der Waals surface area contributed by atoms with Gasteiger partial charge in [-0.15, -0.1) is 0 Å². The van der Waals surface area contributed by atoms with Gasteiger partial charge in [0.15, 0.2) is 0 Å². The van der Waals surface area contributed by atoms with Gasteiger partial charge < -0.3 is 16.2 Å². The Labute approximate surface area is 146 Å². The Bertz CT molecular complexity index is 613. The lowest BCUT2D eigenvalue weighted by Gasteiger charge is -2.43. The predicted octanol–water partition coefficient (Wildman–Crippen LogP) is 1.51. The zero-order chi connectivity index (χ0) is 17.3. The highest BCUT2D eigenvalue weighted by Gasteiger charge is 2.36. The smallest absolute Gasteiger partial charge is 0.121 e. The zero-order valence-corrected chi connectivity index (χ0v) is 14.6. The maximum Gasteiger partial charge on any atom is 0.121 e. The van der Waals surface area contributed by atoms with Crippen molar-refractivity contribution in [2.24, 2.45) is 11.7 Å². The van der Waals surface area contributed by atoms with Crippen LogP contribution in [-0.4, -0.2) is 49.6 Å². The van der Waals surface area contributed by atoms with Gasteiger partial charge in [0.25, 0.3) is 0 Å². The Morgan fingerprint density at radius 1 is 1.42 bits per heavy atom. The van der Waals surface area contributed by atoms with Gasteiger partial charge in [-0.05, 0) is 48.8 Å². The van der Waals surface area contributed by atoms with E-state index in [9.17, 15) is 5.11 Å². The van der Waals surface area contributed by atoms with Crippen molar-refractivity contribution in [1.29, 1.82) is 0 Å². The van der Waals surface area contributed by atoms with E-state index in [1.165, 1.54) is 5.56 Å². The number of likely N-dealkylation sites (tertiary alicyclic amines) is 1. The molecule has 0 bridgehead atoms. The number of nitrogens with zero attached hydrogens (tertiary/aromatic N) is 1. The van der Waals surface area contributed by atoms with E-state index < -0.39 is 0 Å². The summed E-state index contributed by atoms with van der Waals surface area (Å²) in [6.45, 7) is 9.12. The Balaban J connectivity index is 1.53. The monoisotopic (exact) mass is 325 g/mol. The first-order valence-electron chi connectivity index (χ1n) is 8.91. The molecule has 2 fully saturated rings. The first-order chi connectivity index (χ1) is 11.5. The lowest BCUT2D eigenvalue weighted by Crippen LogP contribution is -2.53. The molecule has 0 aromatic heterocycles. The number of nitrogens with one attached hydrogen (secondary N) is 1. The summed E-state index contributed by atoms with van der Waals surface area (Å²) < 4.78 is 0. The van der Waals surface area contributed by atoms with Crippen LogP contribution in [0.2, 0.25) is 6.32 Å². The highest BCUT2D eigenvalue weighted by atomic mass is 16.3. The number of nitrogens with two attached hydrogens (primary N) is 1. The third kappa shape index (κ3) is 3.47. The van der Waals surface area contributed by atoms with Crippen LogP contribution in [0.15, 0.2) is 24.4 Å². The van der Waals surface area contributed by atoms with Gasteiger partial charge >= 0.3 is 0 Å². The summed E-state index contributed by atoms with van der Waals surface area (Å²) in [5.41, 5.74) is 9.79. The Kier molecular flexibility index (Phi) is 5.21. The number of aryl methyl sites for hydroxylation is 1. The normalized spacial score (nSPS) is 24.9. The number of hydrogen-bond acceptors (Lipinski definition) is 4. The van der Waals surface area contributed by atoms with Crippen LogP contribution < -0.4 is 11.1 Å². The average Bonchev–Trinajstić information content (AvgIpc) is 2.99. The summed E-state index contributed by atoms with van der Waals surface area (Å²) in [5, 5.41) is 13.8. The van der Waals surface area contributed by atoms with Gasteiger partial charge in [-0.1, -0.05) is 25.0 Å². The molecule has 128 valence electrons. The SMILES string of the molecule is [B]CCc1ccc(CC2CN(C3CNC(C(=C)N)C3)C2)c(C)c1O. The van der Waals surface area contributed by atoms with E-state index in [0.29, 0.717) is 24.0 Å². The van der Waals surface area contributed by atoms with Crippen LogP contribution in [-0.2, 0) is 12.8 Å². The molecule has 1 aromatic rings. The van der Waals surface area contributed by atoms with Gasteiger partial charge in [0.2, 0.25) is 0 Å². The number of phenolic OH excluding ortho intramolecular Hbond substituents is 1. The molecule has 2 aliphatic rings. The number of rotatable bonds is 6. The van der Waals surface area contributed by atoms with Crippen LogP contribution in [0.25, 0.3) is 0 Å². The molecule has 2 aliphatic heterocycles. The third-order valence-corrected chi connectivity index (χ3v) is 5.61. The molecule has 0 aliphatic carbocycles. The fraction of sp³-hybridized carbons (Fsp3) is 0.579. The molecule has 0 amide bonds. The third-order valence-electron chi connectivity index (χ3n) is 5.61. The summed E-state index contributed by atoms with van der Waals surface area (Å²) in [6, 6.07) is 5.03. The van der Waals surface area contributed by atoms with Crippen molar-refractivity contribution in [3.8, 4) is 5.75 Å². The van der Waals surface area contributed by atoms with Gasteiger partial charge in [-0.2, -0.15) is 0 Å². The van der Waals surface area contributed by atoms with Gasteiger partial charge in [-0.25, -0.2) is 0 Å². The van der Waals surface area contributed by atoms with Crippen LogP contribution in [0.5, 0.6) is 5.75 Å². The second kappa shape index (κ2) is 7.20. The molecule has 0 spiro atoms. The summed E-state index contributed by atoms with van der Waals surface area (Å²) in [6.07, 6.45) is 3.39. The van der Waals surface area contributed by atoms with Crippen molar-refractivity contribution < 1.29 is 5.11 Å². The molecule has 3 rings (SSSR count). The molecule has 2 heterocycles. The summed E-state index contributed by atoms with van der Waals surface area (Å²) in [4.78, 5) is 2.54. The van der Waals surface area contributed by atoms with Gasteiger partial charge in [-0.3, -0.25) is 4.90 Å². The first-order valence-corrected chi connectivity index (χ1v) is 8.91. The van der Waals surface area contributed by atoms with E-state index in [4.69, 9.17) is 13.6 Å². The summed E-state index contributed by atoms with van der Waals surface area (Å²) >= 11 is 0. The van der Waals surface area contributed by atoms with Gasteiger partial charge in [0.1, 0.15) is 5.75 Å². The Hall–Kier alpha value is -1.46. The van der Waals surface area contributed by atoms with E-state index in [1.807, 2.05) is 13.0 Å². The molecule has 4 nitrogen and oxygen atoms in total. The molecule has 5 heteroatoms. The zero-order valence-electron chi connectivity index (χ0n) is 14.6.